The van der Waals surface area contributed by atoms with E-state index in [9.17, 15) is 0 Å². The molecule has 0 amide bonds. The fourth-order valence-electron chi connectivity index (χ4n) is 0.685. The van der Waals surface area contributed by atoms with Crippen LogP contribution in [-0.4, -0.2) is 12.0 Å². The summed E-state index contributed by atoms with van der Waals surface area (Å²) in [5, 5.41) is 0.555. The lowest BCUT2D eigenvalue weighted by molar-refractivity contribution is 1.12. The third-order valence-corrected chi connectivity index (χ3v) is 2.07. The van der Waals surface area contributed by atoms with Crippen LogP contribution in [-0.2, 0) is 0 Å². The monoisotopic (exact) mass is 169 g/mol. The molecule has 0 saturated carbocycles. The molecule has 2 heteroatoms. The third kappa shape index (κ3) is 4.04. The molecule has 62 valence electrons. The summed E-state index contributed by atoms with van der Waals surface area (Å²) in [6.45, 7) is 13.6. The van der Waals surface area contributed by atoms with Gasteiger partial charge < -0.3 is 0 Å². The van der Waals surface area contributed by atoms with Crippen LogP contribution in [0.5, 0.6) is 0 Å². The van der Waals surface area contributed by atoms with Gasteiger partial charge in [-0.1, -0.05) is 26.5 Å². The Morgan fingerprint density at radius 3 is 2.36 bits per heavy atom. The van der Waals surface area contributed by atoms with Crippen molar-refractivity contribution in [3.05, 3.63) is 23.3 Å². The summed E-state index contributed by atoms with van der Waals surface area (Å²) in [6.07, 6.45) is 1.92. The summed E-state index contributed by atoms with van der Waals surface area (Å²) >= 11 is 1.72. The molecule has 1 nitrogen and oxygen atoms in total. The molecule has 0 aliphatic rings. The van der Waals surface area contributed by atoms with Crippen molar-refractivity contribution < 1.29 is 0 Å². The van der Waals surface area contributed by atoms with E-state index >= 15 is 0 Å². The molecule has 0 N–H and O–H groups in total. The lowest BCUT2D eigenvalue weighted by Gasteiger charge is -2.07. The second-order valence-electron chi connectivity index (χ2n) is 2.42. The second-order valence-corrected chi connectivity index (χ2v) is 4.09. The summed E-state index contributed by atoms with van der Waals surface area (Å²) < 4.78 is 0. The van der Waals surface area contributed by atoms with Crippen LogP contribution in [0.2, 0.25) is 0 Å². The quantitative estimate of drug-likeness (QED) is 0.465. The number of allylic oxidation sites excluding steroid dienone is 1. The first kappa shape index (κ1) is 10.5. The molecule has 0 unspecified atom stereocenters. The van der Waals surface area contributed by atoms with Crippen LogP contribution in [0.25, 0.3) is 0 Å². The van der Waals surface area contributed by atoms with Crippen LogP contribution in [0.1, 0.15) is 20.8 Å². The number of nitrogens with zero attached hydrogens (tertiary/aromatic N) is 1. The maximum Gasteiger partial charge on any atom is 0.0709 e. The highest BCUT2D eigenvalue weighted by Crippen LogP contribution is 2.26. The van der Waals surface area contributed by atoms with Gasteiger partial charge in [0.15, 0.2) is 0 Å². The molecule has 0 radical (unpaired) electrons. The van der Waals surface area contributed by atoms with Gasteiger partial charge in [0, 0.05) is 10.2 Å². The van der Waals surface area contributed by atoms with E-state index in [1.54, 1.807) is 11.8 Å². The maximum absolute atomic E-state index is 3.90. The van der Waals surface area contributed by atoms with Crippen molar-refractivity contribution in [2.75, 3.05) is 0 Å². The van der Waals surface area contributed by atoms with E-state index in [1.807, 2.05) is 13.0 Å². The number of hydrogen-bond donors (Lipinski definition) is 0. The minimum Gasteiger partial charge on any atom is -0.264 e. The van der Waals surface area contributed by atoms with Gasteiger partial charge in [0.05, 0.1) is 5.70 Å². The number of aliphatic imine (C=N–C) groups is 1. The van der Waals surface area contributed by atoms with E-state index in [2.05, 4.69) is 32.1 Å². The van der Waals surface area contributed by atoms with Gasteiger partial charge >= 0.3 is 0 Å². The van der Waals surface area contributed by atoms with Gasteiger partial charge in [0.2, 0.25) is 0 Å². The minimum absolute atomic E-state index is 0.555. The number of rotatable bonds is 4. The molecule has 0 rings (SSSR count). The van der Waals surface area contributed by atoms with Crippen molar-refractivity contribution in [3.63, 3.8) is 0 Å². The Labute approximate surface area is 73.3 Å². The zero-order valence-electron chi connectivity index (χ0n) is 7.42. The molecule has 0 spiro atoms. The van der Waals surface area contributed by atoms with Gasteiger partial charge in [-0.3, -0.25) is 4.99 Å². The van der Waals surface area contributed by atoms with Crippen LogP contribution >= 0.6 is 11.8 Å². The van der Waals surface area contributed by atoms with Crippen LogP contribution in [0.4, 0.5) is 0 Å². The molecule has 0 aromatic rings. The van der Waals surface area contributed by atoms with Crippen molar-refractivity contribution >= 4 is 18.5 Å². The molecule has 0 aliphatic heterocycles. The Morgan fingerprint density at radius 2 is 2.09 bits per heavy atom. The highest BCUT2D eigenvalue weighted by atomic mass is 32.2. The second kappa shape index (κ2) is 5.19. The standard InChI is InChI=1S/C9H15NS/c1-6-9(10-5)8(4)11-7(2)3/h6-7H,4-5H2,1-3H3/b9-6-. The first-order valence-corrected chi connectivity index (χ1v) is 4.48. The average Bonchev–Trinajstić information content (AvgIpc) is 1.88. The first-order chi connectivity index (χ1) is 5.11. The van der Waals surface area contributed by atoms with Crippen molar-refractivity contribution in [3.8, 4) is 0 Å². The van der Waals surface area contributed by atoms with Crippen molar-refractivity contribution in [2.45, 2.75) is 26.0 Å². The lowest BCUT2D eigenvalue weighted by atomic mass is 10.4. The highest BCUT2D eigenvalue weighted by molar-refractivity contribution is 8.03. The van der Waals surface area contributed by atoms with Crippen molar-refractivity contribution in [2.24, 2.45) is 4.99 Å². The Morgan fingerprint density at radius 1 is 1.55 bits per heavy atom. The largest absolute Gasteiger partial charge is 0.264 e. The molecule has 0 aliphatic carbocycles. The predicted octanol–water partition coefficient (Wildman–Crippen LogP) is 3.25. The predicted molar refractivity (Wildman–Crippen MR) is 55.2 cm³/mol. The molecule has 0 fully saturated rings. The summed E-state index contributed by atoms with van der Waals surface area (Å²) in [5.41, 5.74) is 0.892. The molecule has 0 saturated heterocycles. The fourth-order valence-corrected chi connectivity index (χ4v) is 1.56. The molecule has 0 bridgehead atoms. The Kier molecular flexibility index (Phi) is 4.95. The Balaban J connectivity index is 4.12. The topological polar surface area (TPSA) is 12.4 Å². The number of thioether (sulfide) groups is 1. The van der Waals surface area contributed by atoms with Crippen molar-refractivity contribution in [1.82, 2.24) is 0 Å². The van der Waals surface area contributed by atoms with Crippen LogP contribution in [0.3, 0.4) is 0 Å². The van der Waals surface area contributed by atoms with Gasteiger partial charge in [-0.2, -0.15) is 0 Å². The summed E-state index contributed by atoms with van der Waals surface area (Å²) in [4.78, 5) is 4.85. The SMILES string of the molecule is C=N/C(=C\C)C(=C)SC(C)C. The van der Waals surface area contributed by atoms with E-state index in [1.165, 1.54) is 0 Å². The zero-order valence-corrected chi connectivity index (χ0v) is 8.24. The normalized spacial score (nSPS) is 11.8. The first-order valence-electron chi connectivity index (χ1n) is 3.60. The van der Waals surface area contributed by atoms with Gasteiger partial charge in [0.25, 0.3) is 0 Å². The summed E-state index contributed by atoms with van der Waals surface area (Å²) in [6, 6.07) is 0. The summed E-state index contributed by atoms with van der Waals surface area (Å²) in [5.74, 6) is 0. The molecular formula is C9H15NS. The van der Waals surface area contributed by atoms with E-state index in [0.29, 0.717) is 5.25 Å². The molecule has 0 aromatic carbocycles. The van der Waals surface area contributed by atoms with Gasteiger partial charge in [-0.05, 0) is 13.6 Å². The van der Waals surface area contributed by atoms with E-state index in [0.717, 1.165) is 10.6 Å². The smallest absolute Gasteiger partial charge is 0.0709 e. The van der Waals surface area contributed by atoms with Gasteiger partial charge in [-0.25, -0.2) is 0 Å². The van der Waals surface area contributed by atoms with E-state index < -0.39 is 0 Å². The molecule has 0 heterocycles. The molecular weight excluding hydrogens is 154 g/mol. The lowest BCUT2D eigenvalue weighted by Crippen LogP contribution is -1.88. The van der Waals surface area contributed by atoms with E-state index in [4.69, 9.17) is 0 Å². The third-order valence-electron chi connectivity index (χ3n) is 1.11. The minimum atomic E-state index is 0.555. The summed E-state index contributed by atoms with van der Waals surface area (Å²) in [7, 11) is 0. The fraction of sp³-hybridized carbons (Fsp3) is 0.444. The molecule has 0 aromatic heterocycles. The van der Waals surface area contributed by atoms with Gasteiger partial charge in [-0.15, -0.1) is 11.8 Å². The zero-order chi connectivity index (χ0) is 8.85. The Hall–Kier alpha value is -0.500. The van der Waals surface area contributed by atoms with Crippen molar-refractivity contribution in [1.29, 1.82) is 0 Å². The van der Waals surface area contributed by atoms with Crippen LogP contribution in [0.15, 0.2) is 28.2 Å². The van der Waals surface area contributed by atoms with Crippen LogP contribution in [0, 0.1) is 0 Å². The Bertz CT molecular complexity index is 180. The average molecular weight is 169 g/mol. The molecule has 11 heavy (non-hydrogen) atoms. The van der Waals surface area contributed by atoms with Gasteiger partial charge in [0.1, 0.15) is 0 Å². The van der Waals surface area contributed by atoms with E-state index in [-0.39, 0.29) is 0 Å². The molecule has 0 atom stereocenters. The number of hydrogen-bond acceptors (Lipinski definition) is 2. The highest BCUT2D eigenvalue weighted by Gasteiger charge is 2.01. The van der Waals surface area contributed by atoms with Crippen LogP contribution < -0.4 is 0 Å². The maximum atomic E-state index is 3.90.